The third-order valence-electron chi connectivity index (χ3n) is 7.32. The lowest BCUT2D eigenvalue weighted by Crippen LogP contribution is -2.46. The number of alkyl halides is 3. The summed E-state index contributed by atoms with van der Waals surface area (Å²) in [5, 5.41) is 11.0. The Morgan fingerprint density at radius 2 is 1.94 bits per heavy atom. The van der Waals surface area contributed by atoms with Gasteiger partial charge in [0.1, 0.15) is 10.6 Å². The molecule has 0 radical (unpaired) electrons. The molecule has 2 aromatic heterocycles. The summed E-state index contributed by atoms with van der Waals surface area (Å²) in [7, 11) is 0. The van der Waals surface area contributed by atoms with Gasteiger partial charge in [0.2, 0.25) is 0 Å². The minimum Gasteiger partial charge on any atom is -0.490 e. The van der Waals surface area contributed by atoms with Gasteiger partial charge in [-0.15, -0.1) is 11.3 Å². The second-order valence-electron chi connectivity index (χ2n) is 9.57. The maximum Gasteiger partial charge on any atom is 0.391 e. The topological polar surface area (TPSA) is 54.8 Å². The molecule has 182 valence electrons. The highest BCUT2D eigenvalue weighted by molar-refractivity contribution is 7.19. The van der Waals surface area contributed by atoms with Gasteiger partial charge in [0.15, 0.2) is 0 Å². The van der Waals surface area contributed by atoms with E-state index in [-0.39, 0.29) is 18.4 Å². The van der Waals surface area contributed by atoms with Gasteiger partial charge in [-0.3, -0.25) is 4.90 Å². The highest BCUT2D eigenvalue weighted by atomic mass is 32.1. The van der Waals surface area contributed by atoms with Crippen LogP contribution in [0, 0.1) is 0 Å². The highest BCUT2D eigenvalue weighted by Crippen LogP contribution is 2.48. The minimum atomic E-state index is -4.35. The maximum absolute atomic E-state index is 12.7. The fraction of sp³-hybridized carbons (Fsp3) is 0.708. The van der Waals surface area contributed by atoms with Gasteiger partial charge in [0.25, 0.3) is 0 Å². The number of hydrogen-bond donors (Lipinski definition) is 1. The summed E-state index contributed by atoms with van der Waals surface area (Å²) in [6.07, 6.45) is 0.911. The second-order valence-corrected chi connectivity index (χ2v) is 10.7. The third kappa shape index (κ3) is 5.31. The first-order chi connectivity index (χ1) is 15.9. The molecule has 1 aliphatic heterocycles. The number of hydrogen-bond acceptors (Lipinski definition) is 6. The Hall–Kier alpha value is -1.42. The highest BCUT2D eigenvalue weighted by Gasteiger charge is 2.36. The normalized spacial score (nSPS) is 27.6. The van der Waals surface area contributed by atoms with Crippen molar-refractivity contribution in [1.29, 1.82) is 0 Å². The Labute approximate surface area is 195 Å². The van der Waals surface area contributed by atoms with Crippen LogP contribution in [-0.2, 0) is 11.2 Å². The smallest absolute Gasteiger partial charge is 0.391 e. The number of aryl methyl sites for hydroxylation is 1. The van der Waals surface area contributed by atoms with Crippen LogP contribution in [-0.4, -0.2) is 65.7 Å². The first-order valence-electron chi connectivity index (χ1n) is 12.0. The molecule has 0 amide bonds. The zero-order chi connectivity index (χ0) is 23.0. The fourth-order valence-corrected chi connectivity index (χ4v) is 7.05. The molecule has 0 unspecified atom stereocenters. The van der Waals surface area contributed by atoms with Crippen LogP contribution in [0.25, 0.3) is 10.2 Å². The molecule has 2 aliphatic carbocycles. The van der Waals surface area contributed by atoms with E-state index in [0.29, 0.717) is 6.04 Å². The molecule has 3 heterocycles. The summed E-state index contributed by atoms with van der Waals surface area (Å²) in [6, 6.07) is 2.49. The van der Waals surface area contributed by atoms with Crippen LogP contribution in [0.3, 0.4) is 0 Å². The number of morpholine rings is 1. The SMILES string of the molecule is O[C@@H](C[C@H]1CCc2sc3nccc(OC4CCC(N5CCOCC5)CC4)c3c21)CC(F)(F)F. The number of fused-ring (bicyclic) bond motifs is 3. The van der Waals surface area contributed by atoms with Crippen molar-refractivity contribution in [2.24, 2.45) is 0 Å². The Bertz CT molecular complexity index is 952. The molecule has 1 N–H and O–H groups in total. The van der Waals surface area contributed by atoms with Crippen LogP contribution < -0.4 is 4.74 Å². The Balaban J connectivity index is 1.29. The first kappa shape index (κ1) is 23.3. The molecule has 5 rings (SSSR count). The number of nitrogens with zero attached hydrogens (tertiary/aromatic N) is 2. The van der Waals surface area contributed by atoms with Crippen molar-refractivity contribution >= 4 is 21.6 Å². The number of aliphatic hydroxyl groups is 1. The van der Waals surface area contributed by atoms with E-state index < -0.39 is 18.7 Å². The van der Waals surface area contributed by atoms with Crippen LogP contribution in [0.5, 0.6) is 5.75 Å². The Kier molecular flexibility index (Phi) is 6.84. The van der Waals surface area contributed by atoms with E-state index >= 15 is 0 Å². The molecule has 0 spiro atoms. The predicted octanol–water partition coefficient (Wildman–Crippen LogP) is 5.05. The fourth-order valence-electron chi connectivity index (χ4n) is 5.79. The molecule has 5 nitrogen and oxygen atoms in total. The number of aliphatic hydroxyl groups excluding tert-OH is 1. The number of aromatic nitrogens is 1. The molecule has 33 heavy (non-hydrogen) atoms. The zero-order valence-electron chi connectivity index (χ0n) is 18.6. The maximum atomic E-state index is 12.7. The van der Waals surface area contributed by atoms with Crippen LogP contribution >= 0.6 is 11.3 Å². The molecule has 2 atom stereocenters. The van der Waals surface area contributed by atoms with Crippen molar-refractivity contribution < 1.29 is 27.8 Å². The number of pyridine rings is 1. The van der Waals surface area contributed by atoms with E-state index in [1.165, 1.54) is 4.88 Å². The molecular weight excluding hydrogens is 453 g/mol. The van der Waals surface area contributed by atoms with Crippen molar-refractivity contribution in [1.82, 2.24) is 9.88 Å². The standard InChI is InChI=1S/C24H31F3N2O3S/c25-24(26,27)14-17(30)13-15-1-6-20-21(15)22-19(7-8-28-23(22)33-20)32-18-4-2-16(3-5-18)29-9-11-31-12-10-29/h7-8,15-18,30H,1-6,9-14H2/t15-,16?,17+,18?/m1/s1. The van der Waals surface area contributed by atoms with Crippen molar-refractivity contribution in [3.63, 3.8) is 0 Å². The van der Waals surface area contributed by atoms with E-state index in [4.69, 9.17) is 9.47 Å². The summed E-state index contributed by atoms with van der Waals surface area (Å²) in [5.41, 5.74) is 1.06. The zero-order valence-corrected chi connectivity index (χ0v) is 19.5. The second kappa shape index (κ2) is 9.68. The Morgan fingerprint density at radius 1 is 1.18 bits per heavy atom. The van der Waals surface area contributed by atoms with E-state index in [1.807, 2.05) is 6.07 Å². The monoisotopic (exact) mass is 484 g/mol. The van der Waals surface area contributed by atoms with Crippen LogP contribution in [0.15, 0.2) is 12.3 Å². The molecule has 9 heteroatoms. The number of ether oxygens (including phenoxy) is 2. The summed E-state index contributed by atoms with van der Waals surface area (Å²) < 4.78 is 50.2. The van der Waals surface area contributed by atoms with Crippen LogP contribution in [0.2, 0.25) is 0 Å². The average molecular weight is 485 g/mol. The van der Waals surface area contributed by atoms with Gasteiger partial charge in [-0.1, -0.05) is 0 Å². The van der Waals surface area contributed by atoms with Gasteiger partial charge >= 0.3 is 6.18 Å². The summed E-state index contributed by atoms with van der Waals surface area (Å²) in [4.78, 5) is 9.12. The summed E-state index contributed by atoms with van der Waals surface area (Å²) >= 11 is 1.61. The first-order valence-corrected chi connectivity index (χ1v) is 12.8. The van der Waals surface area contributed by atoms with E-state index in [2.05, 4.69) is 9.88 Å². The molecule has 0 bridgehead atoms. The number of halogens is 3. The van der Waals surface area contributed by atoms with E-state index in [9.17, 15) is 18.3 Å². The Morgan fingerprint density at radius 3 is 2.67 bits per heavy atom. The van der Waals surface area contributed by atoms with Gasteiger partial charge in [-0.25, -0.2) is 4.98 Å². The molecule has 1 saturated heterocycles. The lowest BCUT2D eigenvalue weighted by Gasteiger charge is -2.38. The van der Waals surface area contributed by atoms with Crippen molar-refractivity contribution in [2.75, 3.05) is 26.3 Å². The number of thiophene rings is 1. The third-order valence-corrected chi connectivity index (χ3v) is 8.49. The van der Waals surface area contributed by atoms with Gasteiger partial charge in [-0.05, 0) is 62.5 Å². The molecule has 3 aliphatic rings. The van der Waals surface area contributed by atoms with Crippen molar-refractivity contribution in [3.8, 4) is 5.75 Å². The quantitative estimate of drug-likeness (QED) is 0.622. The largest absolute Gasteiger partial charge is 0.490 e. The van der Waals surface area contributed by atoms with Crippen LogP contribution in [0.1, 0.15) is 61.3 Å². The molecule has 2 fully saturated rings. The van der Waals surface area contributed by atoms with Gasteiger partial charge in [0, 0.05) is 30.2 Å². The minimum absolute atomic E-state index is 0.0882. The van der Waals surface area contributed by atoms with E-state index in [1.54, 1.807) is 17.5 Å². The molecule has 2 aromatic rings. The van der Waals surface area contributed by atoms with Crippen LogP contribution in [0.4, 0.5) is 13.2 Å². The summed E-state index contributed by atoms with van der Waals surface area (Å²) in [5.74, 6) is 0.708. The lowest BCUT2D eigenvalue weighted by molar-refractivity contribution is -0.154. The average Bonchev–Trinajstić information content (AvgIpc) is 3.34. The predicted molar refractivity (Wildman–Crippen MR) is 121 cm³/mol. The van der Waals surface area contributed by atoms with Crippen molar-refractivity contribution in [3.05, 3.63) is 22.7 Å². The van der Waals surface area contributed by atoms with E-state index in [0.717, 1.165) is 86.4 Å². The van der Waals surface area contributed by atoms with Gasteiger partial charge < -0.3 is 14.6 Å². The molecular formula is C24H31F3N2O3S. The number of rotatable bonds is 6. The van der Waals surface area contributed by atoms with Gasteiger partial charge in [-0.2, -0.15) is 13.2 Å². The lowest BCUT2D eigenvalue weighted by atomic mass is 9.91. The molecule has 1 saturated carbocycles. The summed E-state index contributed by atoms with van der Waals surface area (Å²) in [6.45, 7) is 3.63. The van der Waals surface area contributed by atoms with Crippen molar-refractivity contribution in [2.45, 2.75) is 81.7 Å². The van der Waals surface area contributed by atoms with Gasteiger partial charge in [0.05, 0.1) is 37.2 Å². The molecule has 0 aromatic carbocycles.